The van der Waals surface area contributed by atoms with Gasteiger partial charge in [0.25, 0.3) is 0 Å². The summed E-state index contributed by atoms with van der Waals surface area (Å²) >= 11 is 0. The van der Waals surface area contributed by atoms with Crippen LogP contribution in [-0.2, 0) is 4.79 Å². The van der Waals surface area contributed by atoms with Gasteiger partial charge in [-0.25, -0.2) is 0 Å². The highest BCUT2D eigenvalue weighted by molar-refractivity contribution is 5.99. The number of nitriles is 1. The van der Waals surface area contributed by atoms with E-state index in [1.54, 1.807) is 6.07 Å². The molecule has 0 saturated heterocycles. The van der Waals surface area contributed by atoms with Crippen LogP contribution in [0, 0.1) is 16.7 Å². The predicted molar refractivity (Wildman–Crippen MR) is 54.3 cm³/mol. The van der Waals surface area contributed by atoms with Crippen LogP contribution < -0.4 is 5.32 Å². The molecule has 2 atom stereocenters. The molecule has 1 aliphatic heterocycles. The summed E-state index contributed by atoms with van der Waals surface area (Å²) in [4.78, 5) is 11.5. The summed E-state index contributed by atoms with van der Waals surface area (Å²) in [5, 5.41) is 11.9. The van der Waals surface area contributed by atoms with Gasteiger partial charge in [0, 0.05) is 11.7 Å². The van der Waals surface area contributed by atoms with E-state index in [4.69, 9.17) is 5.26 Å². The summed E-state index contributed by atoms with van der Waals surface area (Å²) < 4.78 is 0. The fraction of sp³-hybridized carbons (Fsp3) is 0.636. The average molecular weight is 192 g/mol. The Morgan fingerprint density at radius 1 is 1.86 bits per heavy atom. The Kier molecular flexibility index (Phi) is 2.95. The quantitative estimate of drug-likeness (QED) is 0.678. The third-order valence-corrected chi connectivity index (χ3v) is 2.75. The second-order valence-corrected chi connectivity index (χ2v) is 4.14. The van der Waals surface area contributed by atoms with Gasteiger partial charge in [-0.1, -0.05) is 13.0 Å². The van der Waals surface area contributed by atoms with Crippen molar-refractivity contribution in [3.05, 3.63) is 11.8 Å². The van der Waals surface area contributed by atoms with Crippen molar-refractivity contribution in [3.8, 4) is 6.07 Å². The van der Waals surface area contributed by atoms with Crippen molar-refractivity contribution >= 4 is 5.78 Å². The fourth-order valence-corrected chi connectivity index (χ4v) is 2.00. The van der Waals surface area contributed by atoms with Crippen molar-refractivity contribution in [2.75, 3.05) is 0 Å². The van der Waals surface area contributed by atoms with E-state index in [2.05, 4.69) is 12.2 Å². The normalized spacial score (nSPS) is 31.3. The molecule has 1 rings (SSSR count). The van der Waals surface area contributed by atoms with E-state index in [9.17, 15) is 4.79 Å². The molecule has 14 heavy (non-hydrogen) atoms. The molecular formula is C11H16N2O. The van der Waals surface area contributed by atoms with Crippen molar-refractivity contribution in [1.82, 2.24) is 5.32 Å². The lowest BCUT2D eigenvalue weighted by atomic mass is 9.76. The summed E-state index contributed by atoms with van der Waals surface area (Å²) in [5.74, 6) is -0.336. The molecule has 0 aromatic carbocycles. The van der Waals surface area contributed by atoms with Crippen LogP contribution >= 0.6 is 0 Å². The maximum Gasteiger partial charge on any atom is 0.241 e. The summed E-state index contributed by atoms with van der Waals surface area (Å²) in [6.45, 7) is 5.85. The number of rotatable bonds is 2. The van der Waals surface area contributed by atoms with Crippen LogP contribution in [0.1, 0.15) is 33.6 Å². The van der Waals surface area contributed by atoms with Crippen LogP contribution in [-0.4, -0.2) is 11.8 Å². The molecule has 76 valence electrons. The van der Waals surface area contributed by atoms with E-state index in [0.29, 0.717) is 12.5 Å². The van der Waals surface area contributed by atoms with Crippen LogP contribution in [0.5, 0.6) is 0 Å². The molecule has 0 aromatic heterocycles. The second-order valence-electron chi connectivity index (χ2n) is 4.14. The molecule has 0 amide bonds. The van der Waals surface area contributed by atoms with Crippen molar-refractivity contribution in [1.29, 1.82) is 5.26 Å². The van der Waals surface area contributed by atoms with E-state index in [1.165, 1.54) is 0 Å². The second kappa shape index (κ2) is 3.83. The number of nitrogens with zero attached hydrogens (tertiary/aromatic N) is 1. The van der Waals surface area contributed by atoms with Gasteiger partial charge in [0.05, 0.1) is 5.41 Å². The van der Waals surface area contributed by atoms with Crippen LogP contribution in [0.15, 0.2) is 11.8 Å². The number of hydrogen-bond donors (Lipinski definition) is 1. The van der Waals surface area contributed by atoms with Gasteiger partial charge in [-0.05, 0) is 26.7 Å². The summed E-state index contributed by atoms with van der Waals surface area (Å²) in [6, 6.07) is 2.04. The molecule has 0 saturated carbocycles. The first-order valence-corrected chi connectivity index (χ1v) is 4.92. The SMILES string of the molecule is CCC1C[C@](C)(C(=O)C#N)C=C(C)N1. The zero-order chi connectivity index (χ0) is 10.8. The Morgan fingerprint density at radius 3 is 3.00 bits per heavy atom. The van der Waals surface area contributed by atoms with Crippen LogP contribution in [0.2, 0.25) is 0 Å². The van der Waals surface area contributed by atoms with Crippen molar-refractivity contribution in [2.24, 2.45) is 5.41 Å². The highest BCUT2D eigenvalue weighted by Gasteiger charge is 2.36. The fourth-order valence-electron chi connectivity index (χ4n) is 2.00. The first-order chi connectivity index (χ1) is 6.51. The molecule has 0 aliphatic carbocycles. The molecule has 0 radical (unpaired) electrons. The minimum absolute atomic E-state index is 0.308. The number of hydrogen-bond acceptors (Lipinski definition) is 3. The van der Waals surface area contributed by atoms with Crippen molar-refractivity contribution in [3.63, 3.8) is 0 Å². The smallest absolute Gasteiger partial charge is 0.241 e. The molecule has 0 aromatic rings. The Balaban J connectivity index is 2.95. The maximum atomic E-state index is 11.5. The van der Waals surface area contributed by atoms with Gasteiger partial charge in [-0.2, -0.15) is 5.26 Å². The van der Waals surface area contributed by atoms with Gasteiger partial charge in [0.2, 0.25) is 5.78 Å². The Morgan fingerprint density at radius 2 is 2.50 bits per heavy atom. The van der Waals surface area contributed by atoms with E-state index < -0.39 is 5.41 Å². The average Bonchev–Trinajstić information content (AvgIpc) is 2.15. The summed E-state index contributed by atoms with van der Waals surface area (Å²) in [5.41, 5.74) is 0.402. The molecule has 0 spiro atoms. The Labute approximate surface area is 84.8 Å². The number of Topliss-reactive ketones (excluding diaryl/α,β-unsaturated/α-hetero) is 1. The summed E-state index contributed by atoms with van der Waals surface area (Å²) in [7, 11) is 0. The topological polar surface area (TPSA) is 52.9 Å². The summed E-state index contributed by atoms with van der Waals surface area (Å²) in [6.07, 6.45) is 3.55. The Hall–Kier alpha value is -1.30. The molecule has 3 nitrogen and oxygen atoms in total. The zero-order valence-electron chi connectivity index (χ0n) is 8.92. The molecule has 0 fully saturated rings. The van der Waals surface area contributed by atoms with Crippen molar-refractivity contribution < 1.29 is 4.79 Å². The van der Waals surface area contributed by atoms with Gasteiger partial charge >= 0.3 is 0 Å². The lowest BCUT2D eigenvalue weighted by molar-refractivity contribution is -0.120. The minimum atomic E-state index is -0.592. The Bertz CT molecular complexity index is 314. The van der Waals surface area contributed by atoms with Crippen LogP contribution in [0.4, 0.5) is 0 Å². The van der Waals surface area contributed by atoms with E-state index in [-0.39, 0.29) is 5.78 Å². The molecule has 3 heteroatoms. The number of ketones is 1. The zero-order valence-corrected chi connectivity index (χ0v) is 8.92. The van der Waals surface area contributed by atoms with E-state index in [1.807, 2.05) is 19.9 Å². The predicted octanol–water partition coefficient (Wildman–Crippen LogP) is 1.76. The minimum Gasteiger partial charge on any atom is -0.386 e. The van der Waals surface area contributed by atoms with Gasteiger partial charge in [-0.3, -0.25) is 4.79 Å². The number of carbonyl (C=O) groups is 1. The number of carbonyl (C=O) groups excluding carboxylic acids is 1. The molecule has 1 heterocycles. The van der Waals surface area contributed by atoms with Crippen molar-refractivity contribution in [2.45, 2.75) is 39.7 Å². The highest BCUT2D eigenvalue weighted by Crippen LogP contribution is 2.31. The lowest BCUT2D eigenvalue weighted by Gasteiger charge is -2.33. The highest BCUT2D eigenvalue weighted by atomic mass is 16.1. The maximum absolute atomic E-state index is 11.5. The number of allylic oxidation sites excluding steroid dienone is 2. The lowest BCUT2D eigenvalue weighted by Crippen LogP contribution is -2.41. The molecule has 1 unspecified atom stereocenters. The van der Waals surface area contributed by atoms with Gasteiger partial charge in [-0.15, -0.1) is 0 Å². The number of nitrogens with one attached hydrogen (secondary N) is 1. The van der Waals surface area contributed by atoms with E-state index >= 15 is 0 Å². The first-order valence-electron chi connectivity index (χ1n) is 4.92. The third kappa shape index (κ3) is 1.95. The molecule has 1 N–H and O–H groups in total. The standard InChI is InChI=1S/C11H16N2O/c1-4-9-6-11(3,10(14)7-12)5-8(2)13-9/h5,9,13H,4,6H2,1-3H3/t9?,11-/m1/s1. The van der Waals surface area contributed by atoms with E-state index in [0.717, 1.165) is 12.1 Å². The van der Waals surface area contributed by atoms with Crippen LogP contribution in [0.25, 0.3) is 0 Å². The molecular weight excluding hydrogens is 176 g/mol. The van der Waals surface area contributed by atoms with Gasteiger partial charge < -0.3 is 5.32 Å². The monoisotopic (exact) mass is 192 g/mol. The molecule has 0 bridgehead atoms. The van der Waals surface area contributed by atoms with Gasteiger partial charge in [0.1, 0.15) is 6.07 Å². The third-order valence-electron chi connectivity index (χ3n) is 2.75. The van der Waals surface area contributed by atoms with Gasteiger partial charge in [0.15, 0.2) is 0 Å². The largest absolute Gasteiger partial charge is 0.386 e. The van der Waals surface area contributed by atoms with Crippen LogP contribution in [0.3, 0.4) is 0 Å². The first kappa shape index (κ1) is 10.8. The molecule has 1 aliphatic rings.